The van der Waals surface area contributed by atoms with Gasteiger partial charge >= 0.3 is 0 Å². The third kappa shape index (κ3) is 3.96. The van der Waals surface area contributed by atoms with Crippen molar-refractivity contribution < 1.29 is 19.1 Å². The van der Waals surface area contributed by atoms with Crippen molar-refractivity contribution in [2.45, 2.75) is 19.9 Å². The Morgan fingerprint density at radius 2 is 1.86 bits per heavy atom. The van der Waals surface area contributed by atoms with Crippen LogP contribution in [0.4, 0.5) is 5.69 Å². The molecule has 6 nitrogen and oxygen atoms in total. The van der Waals surface area contributed by atoms with E-state index < -0.39 is 0 Å². The van der Waals surface area contributed by atoms with Crippen LogP contribution in [0.15, 0.2) is 42.5 Å². The predicted molar refractivity (Wildman–Crippen MR) is 108 cm³/mol. The molecule has 2 amide bonds. The maximum Gasteiger partial charge on any atom is 0.228 e. The molecule has 0 saturated carbocycles. The molecule has 0 bridgehead atoms. The number of anilines is 1. The zero-order valence-electron chi connectivity index (χ0n) is 16.8. The number of hydrogen-bond donors (Lipinski definition) is 0. The van der Waals surface area contributed by atoms with Crippen LogP contribution in [-0.4, -0.2) is 44.5 Å². The van der Waals surface area contributed by atoms with E-state index in [2.05, 4.69) is 0 Å². The highest BCUT2D eigenvalue weighted by molar-refractivity contribution is 6.00. The van der Waals surface area contributed by atoms with Crippen LogP contribution in [-0.2, 0) is 16.1 Å². The van der Waals surface area contributed by atoms with Gasteiger partial charge in [0.1, 0.15) is 0 Å². The van der Waals surface area contributed by atoms with Gasteiger partial charge < -0.3 is 19.3 Å². The second-order valence-corrected chi connectivity index (χ2v) is 7.09. The summed E-state index contributed by atoms with van der Waals surface area (Å²) in [5, 5.41) is 0. The van der Waals surface area contributed by atoms with Crippen LogP contribution in [0.3, 0.4) is 0 Å². The first kappa shape index (κ1) is 19.7. The molecule has 2 aromatic rings. The maximum atomic E-state index is 13.0. The highest BCUT2D eigenvalue weighted by atomic mass is 16.5. The minimum atomic E-state index is -0.351. The number of amides is 2. The molecule has 1 unspecified atom stereocenters. The van der Waals surface area contributed by atoms with Gasteiger partial charge in [0, 0.05) is 37.8 Å². The smallest absolute Gasteiger partial charge is 0.228 e. The van der Waals surface area contributed by atoms with Crippen LogP contribution in [0.25, 0.3) is 0 Å². The standard InChI is InChI=1S/C22H26N2O4/c1-15-8-10-18(11-9-15)24-14-17(12-20(24)25)22(26)23(2)13-16-6-5-7-19(27-3)21(16)28-4/h5-11,17H,12-14H2,1-4H3. The Labute approximate surface area is 165 Å². The number of carbonyl (C=O) groups is 2. The van der Waals surface area contributed by atoms with Gasteiger partial charge in [-0.2, -0.15) is 0 Å². The van der Waals surface area contributed by atoms with Crippen LogP contribution in [0.5, 0.6) is 11.5 Å². The number of methoxy groups -OCH3 is 2. The number of rotatable bonds is 6. The van der Waals surface area contributed by atoms with Crippen molar-refractivity contribution >= 4 is 17.5 Å². The molecule has 3 rings (SSSR count). The molecule has 148 valence electrons. The summed E-state index contributed by atoms with van der Waals surface area (Å²) in [7, 11) is 4.92. The summed E-state index contributed by atoms with van der Waals surface area (Å²) < 4.78 is 10.8. The highest BCUT2D eigenvalue weighted by Crippen LogP contribution is 2.32. The van der Waals surface area contributed by atoms with Gasteiger partial charge in [0.25, 0.3) is 0 Å². The number of nitrogens with zero attached hydrogens (tertiary/aromatic N) is 2. The van der Waals surface area contributed by atoms with Gasteiger partial charge in [0.05, 0.1) is 20.1 Å². The van der Waals surface area contributed by atoms with E-state index >= 15 is 0 Å². The molecule has 2 aromatic carbocycles. The lowest BCUT2D eigenvalue weighted by molar-refractivity contribution is -0.135. The molecule has 0 radical (unpaired) electrons. The van der Waals surface area contributed by atoms with Gasteiger partial charge in [-0.15, -0.1) is 0 Å². The average molecular weight is 382 g/mol. The second kappa shape index (κ2) is 8.33. The number of hydrogen-bond acceptors (Lipinski definition) is 4. The molecule has 0 spiro atoms. The molecule has 1 heterocycles. The summed E-state index contributed by atoms with van der Waals surface area (Å²) in [5.74, 6) is 0.827. The van der Waals surface area contributed by atoms with Gasteiger partial charge in [-0.05, 0) is 25.1 Å². The minimum absolute atomic E-state index is 0.0189. The summed E-state index contributed by atoms with van der Waals surface area (Å²) in [6.45, 7) is 2.79. The van der Waals surface area contributed by atoms with Crippen LogP contribution in [0.1, 0.15) is 17.5 Å². The van der Waals surface area contributed by atoms with Crippen LogP contribution in [0.2, 0.25) is 0 Å². The zero-order chi connectivity index (χ0) is 20.3. The molecule has 0 aromatic heterocycles. The molecule has 1 aliphatic heterocycles. The zero-order valence-corrected chi connectivity index (χ0v) is 16.8. The molecule has 1 fully saturated rings. The van der Waals surface area contributed by atoms with Crippen molar-refractivity contribution in [3.63, 3.8) is 0 Å². The molecule has 1 atom stereocenters. The number of carbonyl (C=O) groups excluding carboxylic acids is 2. The first-order valence-corrected chi connectivity index (χ1v) is 9.26. The first-order valence-electron chi connectivity index (χ1n) is 9.26. The summed E-state index contributed by atoms with van der Waals surface area (Å²) in [6.07, 6.45) is 0.228. The third-order valence-electron chi connectivity index (χ3n) is 5.09. The van der Waals surface area contributed by atoms with E-state index in [1.165, 1.54) is 0 Å². The topological polar surface area (TPSA) is 59.1 Å². The Morgan fingerprint density at radius 1 is 1.14 bits per heavy atom. The van der Waals surface area contributed by atoms with Crippen LogP contribution in [0, 0.1) is 12.8 Å². The summed E-state index contributed by atoms with van der Waals surface area (Å²) in [5.41, 5.74) is 2.83. The monoisotopic (exact) mass is 382 g/mol. The van der Waals surface area contributed by atoms with Gasteiger partial charge in [-0.25, -0.2) is 0 Å². The Bertz CT molecular complexity index is 863. The van der Waals surface area contributed by atoms with Crippen molar-refractivity contribution in [3.05, 3.63) is 53.6 Å². The summed E-state index contributed by atoms with van der Waals surface area (Å²) in [4.78, 5) is 28.8. The largest absolute Gasteiger partial charge is 0.493 e. The molecule has 0 N–H and O–H groups in total. The molecule has 28 heavy (non-hydrogen) atoms. The molecule has 1 aliphatic rings. The lowest BCUT2D eigenvalue weighted by atomic mass is 10.1. The number of aryl methyl sites for hydroxylation is 1. The number of benzene rings is 2. The molecular weight excluding hydrogens is 356 g/mol. The fourth-order valence-corrected chi connectivity index (χ4v) is 3.57. The summed E-state index contributed by atoms with van der Waals surface area (Å²) in [6, 6.07) is 13.4. The van der Waals surface area contributed by atoms with E-state index in [4.69, 9.17) is 9.47 Å². The maximum absolute atomic E-state index is 13.0. The van der Waals surface area contributed by atoms with Gasteiger partial charge in [-0.3, -0.25) is 9.59 Å². The van der Waals surface area contributed by atoms with Crippen LogP contribution < -0.4 is 14.4 Å². The van der Waals surface area contributed by atoms with E-state index in [1.54, 1.807) is 31.1 Å². The molecule has 6 heteroatoms. The first-order chi connectivity index (χ1) is 13.4. The van der Waals surface area contributed by atoms with Crippen molar-refractivity contribution in [3.8, 4) is 11.5 Å². The van der Waals surface area contributed by atoms with E-state index in [0.29, 0.717) is 24.6 Å². The minimum Gasteiger partial charge on any atom is -0.493 e. The molecule has 0 aliphatic carbocycles. The van der Waals surface area contributed by atoms with Gasteiger partial charge in [0.15, 0.2) is 11.5 Å². The fourth-order valence-electron chi connectivity index (χ4n) is 3.57. The second-order valence-electron chi connectivity index (χ2n) is 7.09. The fraction of sp³-hybridized carbons (Fsp3) is 0.364. The normalized spacial score (nSPS) is 16.2. The van der Waals surface area contributed by atoms with Crippen molar-refractivity contribution in [1.29, 1.82) is 0 Å². The van der Waals surface area contributed by atoms with E-state index in [9.17, 15) is 9.59 Å². The van der Waals surface area contributed by atoms with E-state index in [-0.39, 0.29) is 24.2 Å². The van der Waals surface area contributed by atoms with Gasteiger partial charge in [0.2, 0.25) is 11.8 Å². The molecular formula is C22H26N2O4. The third-order valence-corrected chi connectivity index (χ3v) is 5.09. The average Bonchev–Trinajstić information content (AvgIpc) is 3.09. The van der Waals surface area contributed by atoms with Crippen molar-refractivity contribution in [2.75, 3.05) is 32.7 Å². The number of ether oxygens (including phenoxy) is 2. The van der Waals surface area contributed by atoms with E-state index in [1.807, 2.05) is 49.4 Å². The van der Waals surface area contributed by atoms with E-state index in [0.717, 1.165) is 16.8 Å². The SMILES string of the molecule is COc1cccc(CN(C)C(=O)C2CC(=O)N(c3ccc(C)cc3)C2)c1OC. The van der Waals surface area contributed by atoms with Crippen molar-refractivity contribution in [1.82, 2.24) is 4.90 Å². The Balaban J connectivity index is 1.71. The Morgan fingerprint density at radius 3 is 2.50 bits per heavy atom. The van der Waals surface area contributed by atoms with Gasteiger partial charge in [-0.1, -0.05) is 29.8 Å². The summed E-state index contributed by atoms with van der Waals surface area (Å²) >= 11 is 0. The highest BCUT2D eigenvalue weighted by Gasteiger charge is 2.36. The molecule has 1 saturated heterocycles. The van der Waals surface area contributed by atoms with Crippen LogP contribution >= 0.6 is 0 Å². The lowest BCUT2D eigenvalue weighted by Gasteiger charge is -2.23. The Hall–Kier alpha value is -3.02. The predicted octanol–water partition coefficient (Wildman–Crippen LogP) is 3.02. The van der Waals surface area contributed by atoms with Crippen molar-refractivity contribution in [2.24, 2.45) is 5.92 Å². The Kier molecular flexibility index (Phi) is 5.87. The number of para-hydroxylation sites is 1. The lowest BCUT2D eigenvalue weighted by Crippen LogP contribution is -2.34. The quantitative estimate of drug-likeness (QED) is 0.771.